The molecule has 0 aliphatic heterocycles. The molecule has 4 nitrogen and oxygen atoms in total. The number of aromatic nitrogens is 2. The summed E-state index contributed by atoms with van der Waals surface area (Å²) in [6, 6.07) is 5.55. The fourth-order valence-electron chi connectivity index (χ4n) is 1.04. The van der Waals surface area contributed by atoms with E-state index in [1.54, 1.807) is 0 Å². The SMILES string of the molecule is O=c1[nH]c(-c2cc(Br)cc(Br)c2)no1. The summed E-state index contributed by atoms with van der Waals surface area (Å²) in [5.74, 6) is -0.145. The quantitative estimate of drug-likeness (QED) is 0.878. The Labute approximate surface area is 95.6 Å². The number of nitrogens with zero attached hydrogens (tertiary/aromatic N) is 1. The molecule has 0 saturated carbocycles. The van der Waals surface area contributed by atoms with Crippen LogP contribution in [0.1, 0.15) is 0 Å². The van der Waals surface area contributed by atoms with E-state index in [-0.39, 0.29) is 0 Å². The van der Waals surface area contributed by atoms with Crippen molar-refractivity contribution in [3.05, 3.63) is 37.7 Å². The van der Waals surface area contributed by atoms with Crippen molar-refractivity contribution in [3.8, 4) is 11.4 Å². The van der Waals surface area contributed by atoms with Crippen LogP contribution in [0.4, 0.5) is 0 Å². The van der Waals surface area contributed by atoms with Crippen molar-refractivity contribution < 1.29 is 4.52 Å². The van der Waals surface area contributed by atoms with Crippen LogP contribution >= 0.6 is 31.9 Å². The lowest BCUT2D eigenvalue weighted by atomic mass is 10.2. The van der Waals surface area contributed by atoms with Gasteiger partial charge in [-0.25, -0.2) is 4.79 Å². The predicted molar refractivity (Wildman–Crippen MR) is 58.0 cm³/mol. The smallest absolute Gasteiger partial charge is 0.296 e. The Morgan fingerprint density at radius 3 is 2.36 bits per heavy atom. The van der Waals surface area contributed by atoms with Crippen LogP contribution in [0.3, 0.4) is 0 Å². The highest BCUT2D eigenvalue weighted by atomic mass is 79.9. The van der Waals surface area contributed by atoms with Crippen molar-refractivity contribution >= 4 is 31.9 Å². The van der Waals surface area contributed by atoms with E-state index in [0.717, 1.165) is 14.5 Å². The van der Waals surface area contributed by atoms with Gasteiger partial charge in [0.2, 0.25) is 0 Å². The Morgan fingerprint density at radius 2 is 1.86 bits per heavy atom. The van der Waals surface area contributed by atoms with E-state index in [1.807, 2.05) is 18.2 Å². The summed E-state index contributed by atoms with van der Waals surface area (Å²) in [5, 5.41) is 3.58. The number of halogens is 2. The lowest BCUT2D eigenvalue weighted by molar-refractivity contribution is 0.388. The van der Waals surface area contributed by atoms with Gasteiger partial charge in [-0.15, -0.1) is 0 Å². The zero-order valence-electron chi connectivity index (χ0n) is 6.75. The predicted octanol–water partition coefficient (Wildman–Crippen LogP) is 2.55. The minimum Gasteiger partial charge on any atom is -0.296 e. The average molecular weight is 320 g/mol. The van der Waals surface area contributed by atoms with Gasteiger partial charge in [-0.05, 0) is 18.2 Å². The third-order valence-electron chi connectivity index (χ3n) is 1.58. The van der Waals surface area contributed by atoms with Gasteiger partial charge in [-0.2, -0.15) is 0 Å². The van der Waals surface area contributed by atoms with E-state index >= 15 is 0 Å². The van der Waals surface area contributed by atoms with Crippen LogP contribution < -0.4 is 5.76 Å². The van der Waals surface area contributed by atoms with E-state index in [4.69, 9.17) is 0 Å². The van der Waals surface area contributed by atoms with Crippen molar-refractivity contribution in [1.82, 2.24) is 10.1 Å². The number of nitrogens with one attached hydrogen (secondary N) is 1. The van der Waals surface area contributed by atoms with E-state index in [1.165, 1.54) is 0 Å². The molecule has 1 aromatic heterocycles. The molecule has 2 rings (SSSR count). The molecule has 1 aromatic carbocycles. The van der Waals surface area contributed by atoms with Crippen LogP contribution in [0.25, 0.3) is 11.4 Å². The first-order valence-corrected chi connectivity index (χ1v) is 5.26. The number of hydrogen-bond acceptors (Lipinski definition) is 3. The Bertz CT molecular complexity index is 498. The van der Waals surface area contributed by atoms with Gasteiger partial charge in [0, 0.05) is 14.5 Å². The Morgan fingerprint density at radius 1 is 1.21 bits per heavy atom. The minimum atomic E-state index is -0.559. The van der Waals surface area contributed by atoms with E-state index < -0.39 is 5.76 Å². The first-order chi connectivity index (χ1) is 6.65. The number of H-pyrrole nitrogens is 1. The normalized spacial score (nSPS) is 10.4. The van der Waals surface area contributed by atoms with Gasteiger partial charge < -0.3 is 0 Å². The van der Waals surface area contributed by atoms with Gasteiger partial charge in [0.05, 0.1) is 0 Å². The van der Waals surface area contributed by atoms with E-state index in [9.17, 15) is 4.79 Å². The molecule has 1 heterocycles. The van der Waals surface area contributed by atoms with Gasteiger partial charge in [0.25, 0.3) is 0 Å². The molecule has 72 valence electrons. The molecule has 0 aliphatic rings. The van der Waals surface area contributed by atoms with Crippen LogP contribution in [0, 0.1) is 0 Å². The molecule has 6 heteroatoms. The molecular weight excluding hydrogens is 316 g/mol. The third kappa shape index (κ3) is 1.96. The lowest BCUT2D eigenvalue weighted by Crippen LogP contribution is -1.94. The summed E-state index contributed by atoms with van der Waals surface area (Å²) in [6.45, 7) is 0. The number of hydrogen-bond donors (Lipinski definition) is 1. The van der Waals surface area contributed by atoms with Crippen LogP contribution in [-0.2, 0) is 0 Å². The summed E-state index contributed by atoms with van der Waals surface area (Å²) in [6.07, 6.45) is 0. The molecule has 0 radical (unpaired) electrons. The van der Waals surface area contributed by atoms with Crippen molar-refractivity contribution in [2.45, 2.75) is 0 Å². The Hall–Kier alpha value is -0.880. The molecule has 0 atom stereocenters. The van der Waals surface area contributed by atoms with Gasteiger partial charge in [-0.1, -0.05) is 37.0 Å². The van der Waals surface area contributed by atoms with E-state index in [0.29, 0.717) is 5.82 Å². The van der Waals surface area contributed by atoms with Crippen molar-refractivity contribution in [2.75, 3.05) is 0 Å². The highest BCUT2D eigenvalue weighted by Gasteiger charge is 2.05. The van der Waals surface area contributed by atoms with Crippen molar-refractivity contribution in [1.29, 1.82) is 0 Å². The number of aromatic amines is 1. The van der Waals surface area contributed by atoms with Gasteiger partial charge >= 0.3 is 5.76 Å². The summed E-state index contributed by atoms with van der Waals surface area (Å²) in [4.78, 5) is 13.2. The first-order valence-electron chi connectivity index (χ1n) is 3.67. The molecule has 0 spiro atoms. The molecule has 0 unspecified atom stereocenters. The van der Waals surface area contributed by atoms with Crippen LogP contribution in [0.5, 0.6) is 0 Å². The Balaban J connectivity index is 2.56. The monoisotopic (exact) mass is 318 g/mol. The standard InChI is InChI=1S/C8H4Br2N2O2/c9-5-1-4(2-6(10)3-5)7-11-8(13)14-12-7/h1-3H,(H,11,12,13). The highest BCUT2D eigenvalue weighted by Crippen LogP contribution is 2.24. The van der Waals surface area contributed by atoms with Gasteiger partial charge in [0.1, 0.15) is 0 Å². The molecule has 2 aromatic rings. The third-order valence-corrected chi connectivity index (χ3v) is 2.49. The molecule has 0 aliphatic carbocycles. The molecule has 0 saturated heterocycles. The Kier molecular flexibility index (Phi) is 2.56. The zero-order valence-corrected chi connectivity index (χ0v) is 9.92. The maximum atomic E-state index is 10.7. The molecular formula is C8H4Br2N2O2. The number of rotatable bonds is 1. The summed E-state index contributed by atoms with van der Waals surface area (Å²) < 4.78 is 6.20. The molecule has 14 heavy (non-hydrogen) atoms. The molecule has 0 fully saturated rings. The summed E-state index contributed by atoms with van der Waals surface area (Å²) in [5.41, 5.74) is 0.775. The summed E-state index contributed by atoms with van der Waals surface area (Å²) in [7, 11) is 0. The van der Waals surface area contributed by atoms with Crippen molar-refractivity contribution in [2.24, 2.45) is 0 Å². The van der Waals surface area contributed by atoms with Gasteiger partial charge in [-0.3, -0.25) is 9.51 Å². The molecule has 1 N–H and O–H groups in total. The summed E-state index contributed by atoms with van der Waals surface area (Å²) >= 11 is 6.67. The second kappa shape index (κ2) is 3.70. The van der Waals surface area contributed by atoms with E-state index in [2.05, 4.69) is 46.5 Å². The maximum absolute atomic E-state index is 10.7. The van der Waals surface area contributed by atoms with Crippen LogP contribution in [0.15, 0.2) is 36.5 Å². The van der Waals surface area contributed by atoms with Crippen LogP contribution in [-0.4, -0.2) is 10.1 Å². The van der Waals surface area contributed by atoms with Crippen LogP contribution in [0.2, 0.25) is 0 Å². The second-order valence-corrected chi connectivity index (χ2v) is 4.43. The second-order valence-electron chi connectivity index (χ2n) is 2.60. The fraction of sp³-hybridized carbons (Fsp3) is 0. The largest absolute Gasteiger partial charge is 0.439 e. The average Bonchev–Trinajstić information content (AvgIpc) is 2.50. The highest BCUT2D eigenvalue weighted by molar-refractivity contribution is 9.11. The zero-order chi connectivity index (χ0) is 10.1. The molecule has 0 bridgehead atoms. The molecule has 0 amide bonds. The minimum absolute atomic E-state index is 0.414. The first kappa shape index (κ1) is 9.67. The van der Waals surface area contributed by atoms with Gasteiger partial charge in [0.15, 0.2) is 5.82 Å². The lowest BCUT2D eigenvalue weighted by Gasteiger charge is -1.97. The maximum Gasteiger partial charge on any atom is 0.439 e. The number of benzene rings is 1. The fourth-order valence-corrected chi connectivity index (χ4v) is 2.34. The topological polar surface area (TPSA) is 58.9 Å². The van der Waals surface area contributed by atoms with Crippen molar-refractivity contribution in [3.63, 3.8) is 0 Å².